The molecule has 4 nitrogen and oxygen atoms in total. The second-order valence-electron chi connectivity index (χ2n) is 7.07. The number of carbonyl (C=O) groups is 1. The predicted octanol–water partition coefficient (Wildman–Crippen LogP) is 3.22. The highest BCUT2D eigenvalue weighted by molar-refractivity contribution is 7.99. The predicted molar refractivity (Wildman–Crippen MR) is 115 cm³/mol. The molecule has 0 aromatic heterocycles. The highest BCUT2D eigenvalue weighted by Gasteiger charge is 2.34. The Hall–Kier alpha value is -1.53. The van der Waals surface area contributed by atoms with Crippen LogP contribution in [0.5, 0.6) is 0 Å². The van der Waals surface area contributed by atoms with E-state index in [-0.39, 0.29) is 18.3 Å². The lowest BCUT2D eigenvalue weighted by molar-refractivity contribution is -0.119. The van der Waals surface area contributed by atoms with Crippen LogP contribution in [0, 0.1) is 5.92 Å². The van der Waals surface area contributed by atoms with Crippen LogP contribution in [0.2, 0.25) is 0 Å². The first kappa shape index (κ1) is 20.2. The number of nitrogens with zero attached hydrogens (tertiary/aromatic N) is 2. The van der Waals surface area contributed by atoms with Crippen molar-refractivity contribution in [3.63, 3.8) is 0 Å². The summed E-state index contributed by atoms with van der Waals surface area (Å²) in [7, 11) is 0. The number of rotatable bonds is 4. The Labute approximate surface area is 171 Å². The average Bonchev–Trinajstić information content (AvgIpc) is 3.11. The van der Waals surface area contributed by atoms with Crippen molar-refractivity contribution < 1.29 is 4.79 Å². The summed E-state index contributed by atoms with van der Waals surface area (Å²) in [5.41, 5.74) is 8.43. The van der Waals surface area contributed by atoms with Gasteiger partial charge in [-0.15, -0.1) is 24.2 Å². The molecule has 2 aromatic rings. The summed E-state index contributed by atoms with van der Waals surface area (Å²) in [6, 6.07) is 18.8. The smallest absolute Gasteiger partial charge is 0.241 e. The van der Waals surface area contributed by atoms with Gasteiger partial charge < -0.3 is 10.6 Å². The summed E-state index contributed by atoms with van der Waals surface area (Å²) in [5, 5.41) is 0. The van der Waals surface area contributed by atoms with Gasteiger partial charge in [0, 0.05) is 36.2 Å². The first-order valence-electron chi connectivity index (χ1n) is 9.26. The van der Waals surface area contributed by atoms with E-state index in [1.165, 1.54) is 10.5 Å². The molecule has 27 heavy (non-hydrogen) atoms. The lowest BCUT2D eigenvalue weighted by Gasteiger charge is -2.30. The molecule has 2 aliphatic rings. The van der Waals surface area contributed by atoms with Gasteiger partial charge in [0.25, 0.3) is 0 Å². The fourth-order valence-corrected chi connectivity index (χ4v) is 5.11. The molecule has 6 heteroatoms. The molecule has 1 saturated heterocycles. The van der Waals surface area contributed by atoms with E-state index in [0.717, 1.165) is 31.1 Å². The van der Waals surface area contributed by atoms with E-state index in [1.54, 1.807) is 0 Å². The fourth-order valence-electron chi connectivity index (χ4n) is 4.11. The van der Waals surface area contributed by atoms with Gasteiger partial charge in [-0.3, -0.25) is 9.69 Å². The van der Waals surface area contributed by atoms with Crippen molar-refractivity contribution >= 4 is 35.8 Å². The maximum atomic E-state index is 13.0. The number of nitrogens with two attached hydrogens (primary N) is 1. The number of halogens is 1. The normalized spacial score (nSPS) is 22.2. The maximum Gasteiger partial charge on any atom is 0.241 e. The molecule has 2 aliphatic heterocycles. The summed E-state index contributed by atoms with van der Waals surface area (Å²) < 4.78 is 0. The molecule has 0 bridgehead atoms. The van der Waals surface area contributed by atoms with Crippen molar-refractivity contribution in [2.45, 2.75) is 10.8 Å². The van der Waals surface area contributed by atoms with Crippen LogP contribution in [0.1, 0.15) is 11.5 Å². The Bertz CT molecular complexity index is 773. The minimum absolute atomic E-state index is 0. The van der Waals surface area contributed by atoms with Crippen LogP contribution in [0.3, 0.4) is 0 Å². The molecule has 2 aromatic carbocycles. The van der Waals surface area contributed by atoms with Crippen LogP contribution in [-0.4, -0.2) is 49.3 Å². The zero-order valence-corrected chi connectivity index (χ0v) is 16.9. The van der Waals surface area contributed by atoms with Crippen molar-refractivity contribution in [1.29, 1.82) is 0 Å². The number of anilines is 1. The lowest BCUT2D eigenvalue weighted by atomic mass is 9.89. The second kappa shape index (κ2) is 9.11. The second-order valence-corrected chi connectivity index (χ2v) is 8.21. The Morgan fingerprint density at radius 3 is 2.59 bits per heavy atom. The van der Waals surface area contributed by atoms with E-state index in [0.29, 0.717) is 24.9 Å². The molecule has 0 unspecified atom stereocenters. The van der Waals surface area contributed by atoms with Crippen molar-refractivity contribution in [1.82, 2.24) is 4.90 Å². The minimum Gasteiger partial charge on any atom is -0.330 e. The van der Waals surface area contributed by atoms with Gasteiger partial charge in [-0.25, -0.2) is 0 Å². The number of amides is 1. The third kappa shape index (κ3) is 4.32. The SMILES string of the molecule is Cl.NC[C@@H]1CN(CC(=O)N2CCSc3ccccc32)C[C@H]1c1ccccc1. The average molecular weight is 404 g/mol. The maximum absolute atomic E-state index is 13.0. The molecule has 0 aliphatic carbocycles. The molecule has 144 valence electrons. The molecular weight excluding hydrogens is 378 g/mol. The molecule has 1 amide bonds. The van der Waals surface area contributed by atoms with E-state index in [4.69, 9.17) is 5.73 Å². The van der Waals surface area contributed by atoms with Gasteiger partial charge in [0.05, 0.1) is 12.2 Å². The van der Waals surface area contributed by atoms with Gasteiger partial charge in [-0.1, -0.05) is 42.5 Å². The number of carbonyl (C=O) groups excluding carboxylic acids is 1. The van der Waals surface area contributed by atoms with E-state index >= 15 is 0 Å². The fraction of sp³-hybridized carbons (Fsp3) is 0.381. The number of hydrogen-bond acceptors (Lipinski definition) is 4. The van der Waals surface area contributed by atoms with Crippen molar-refractivity contribution in [2.75, 3.05) is 43.4 Å². The summed E-state index contributed by atoms with van der Waals surface area (Å²) in [6.45, 7) is 3.72. The van der Waals surface area contributed by atoms with E-state index in [1.807, 2.05) is 34.9 Å². The van der Waals surface area contributed by atoms with Crippen molar-refractivity contribution in [2.24, 2.45) is 11.7 Å². The summed E-state index contributed by atoms with van der Waals surface area (Å²) in [4.78, 5) is 18.4. The molecule has 2 N–H and O–H groups in total. The Morgan fingerprint density at radius 2 is 1.81 bits per heavy atom. The topological polar surface area (TPSA) is 49.6 Å². The van der Waals surface area contributed by atoms with Crippen LogP contribution in [0.4, 0.5) is 5.69 Å². The first-order chi connectivity index (χ1) is 12.8. The molecule has 0 saturated carbocycles. The highest BCUT2D eigenvalue weighted by atomic mass is 35.5. The number of thioether (sulfide) groups is 1. The van der Waals surface area contributed by atoms with Gasteiger partial charge in [0.2, 0.25) is 5.91 Å². The molecule has 2 heterocycles. The molecule has 2 atom stereocenters. The molecule has 0 spiro atoms. The number of hydrogen-bond donors (Lipinski definition) is 1. The summed E-state index contributed by atoms with van der Waals surface area (Å²) >= 11 is 1.83. The zero-order chi connectivity index (χ0) is 17.9. The Balaban J connectivity index is 0.00000210. The standard InChI is InChI=1S/C21H25N3OS.ClH/c22-12-17-13-23(14-18(17)16-6-2-1-3-7-16)15-21(25)24-10-11-26-20-9-5-4-8-19(20)24;/h1-9,17-18H,10-15,22H2;1H/t17-,18+;/m1./s1. The molecule has 0 radical (unpaired) electrons. The summed E-state index contributed by atoms with van der Waals surface area (Å²) in [6.07, 6.45) is 0. The molecule has 4 rings (SSSR count). The highest BCUT2D eigenvalue weighted by Crippen LogP contribution is 2.35. The van der Waals surface area contributed by atoms with Gasteiger partial charge in [0.1, 0.15) is 0 Å². The van der Waals surface area contributed by atoms with Crippen LogP contribution in [0.25, 0.3) is 0 Å². The van der Waals surface area contributed by atoms with E-state index < -0.39 is 0 Å². The van der Waals surface area contributed by atoms with Crippen molar-refractivity contribution in [3.05, 3.63) is 60.2 Å². The largest absolute Gasteiger partial charge is 0.330 e. The van der Waals surface area contributed by atoms with Crippen LogP contribution in [-0.2, 0) is 4.79 Å². The quantitative estimate of drug-likeness (QED) is 0.851. The van der Waals surface area contributed by atoms with Crippen LogP contribution >= 0.6 is 24.2 Å². The van der Waals surface area contributed by atoms with Crippen LogP contribution < -0.4 is 10.6 Å². The van der Waals surface area contributed by atoms with E-state index in [9.17, 15) is 4.79 Å². The zero-order valence-electron chi connectivity index (χ0n) is 15.3. The monoisotopic (exact) mass is 403 g/mol. The van der Waals surface area contributed by atoms with Gasteiger partial charge in [-0.05, 0) is 30.2 Å². The van der Waals surface area contributed by atoms with Crippen molar-refractivity contribution in [3.8, 4) is 0 Å². The van der Waals surface area contributed by atoms with E-state index in [2.05, 4.69) is 41.3 Å². The minimum atomic E-state index is 0. The summed E-state index contributed by atoms with van der Waals surface area (Å²) in [5.74, 6) is 1.98. The van der Waals surface area contributed by atoms with Crippen LogP contribution in [0.15, 0.2) is 59.5 Å². The van der Waals surface area contributed by atoms with Gasteiger partial charge in [0.15, 0.2) is 0 Å². The molecular formula is C21H26ClN3OS. The Morgan fingerprint density at radius 1 is 1.07 bits per heavy atom. The number of para-hydroxylation sites is 1. The third-order valence-electron chi connectivity index (χ3n) is 5.44. The lowest BCUT2D eigenvalue weighted by Crippen LogP contribution is -2.42. The number of fused-ring (bicyclic) bond motifs is 1. The molecule has 1 fully saturated rings. The first-order valence-corrected chi connectivity index (χ1v) is 10.2. The van der Waals surface area contributed by atoms with Gasteiger partial charge in [-0.2, -0.15) is 0 Å². The third-order valence-corrected chi connectivity index (χ3v) is 6.48. The number of benzene rings is 2. The van der Waals surface area contributed by atoms with Gasteiger partial charge >= 0.3 is 0 Å². The number of likely N-dealkylation sites (tertiary alicyclic amines) is 1. The Kier molecular flexibility index (Phi) is 6.82.